The van der Waals surface area contributed by atoms with Gasteiger partial charge in [-0.3, -0.25) is 9.29 Å². The Morgan fingerprint density at radius 3 is 2.47 bits per heavy atom. The Morgan fingerprint density at radius 1 is 1.24 bits per heavy atom. The number of rotatable bonds is 5. The van der Waals surface area contributed by atoms with Crippen molar-refractivity contribution in [3.05, 3.63) is 43.5 Å². The summed E-state index contributed by atoms with van der Waals surface area (Å²) in [6.45, 7) is 9.16. The molecule has 0 bridgehead atoms. The maximum absolute atomic E-state index is 12.1. The van der Waals surface area contributed by atoms with Gasteiger partial charge in [-0.25, -0.2) is 0 Å². The van der Waals surface area contributed by atoms with E-state index in [0.29, 0.717) is 6.61 Å². The first-order chi connectivity index (χ1) is 8.38. The number of hydrogen-bond acceptors (Lipinski definition) is 2. The molecule has 1 aromatic carbocycles. The summed E-state index contributed by atoms with van der Waals surface area (Å²) in [6.07, 6.45) is 0. The van der Waals surface area contributed by atoms with E-state index in [-0.39, 0.29) is 12.6 Å². The van der Waals surface area contributed by atoms with Crippen LogP contribution >= 0.6 is 0 Å². The van der Waals surface area contributed by atoms with E-state index in [2.05, 4.69) is 18.1 Å². The van der Waals surface area contributed by atoms with Crippen molar-refractivity contribution in [1.82, 2.24) is 4.90 Å². The van der Waals surface area contributed by atoms with Crippen LogP contribution in [-0.2, 0) is 0 Å². The fourth-order valence-electron chi connectivity index (χ4n) is 1.77. The third-order valence-corrected chi connectivity index (χ3v) is 2.67. The zero-order chi connectivity index (χ0) is 12.5. The number of likely N-dealkylation sites (tertiary alicyclic amines) is 1. The molecule has 1 fully saturated rings. The maximum atomic E-state index is 12.1. The van der Waals surface area contributed by atoms with Crippen molar-refractivity contribution in [3.63, 3.8) is 0 Å². The zero-order valence-electron chi connectivity index (χ0n) is 10.1. The van der Waals surface area contributed by atoms with Crippen LogP contribution in [0.2, 0.25) is 0 Å². The molecular weight excluding hydrogens is 217 g/mol. The van der Waals surface area contributed by atoms with E-state index in [0.717, 1.165) is 25.4 Å². The van der Waals surface area contributed by atoms with Crippen LogP contribution in [0.1, 0.15) is 0 Å². The van der Waals surface area contributed by atoms with Gasteiger partial charge in [0, 0.05) is 25.6 Å². The number of ether oxygens (including phenoxy) is 1. The Bertz CT molecular complexity index is 298. The number of halogens is 1. The normalized spacial score (nSPS) is 15.6. The van der Waals surface area contributed by atoms with Crippen LogP contribution in [0.5, 0.6) is 5.75 Å². The molecule has 94 valence electrons. The minimum absolute atomic E-state index is 0.184. The average Bonchev–Trinajstić information content (AvgIpc) is 2.36. The minimum atomic E-state index is -0.184. The van der Waals surface area contributed by atoms with Crippen molar-refractivity contribution >= 4 is 0 Å². The van der Waals surface area contributed by atoms with Gasteiger partial charge >= 0.3 is 0 Å². The molecule has 1 aliphatic rings. The monoisotopic (exact) mass is 237 g/mol. The van der Waals surface area contributed by atoms with Gasteiger partial charge in [-0.1, -0.05) is 18.2 Å². The van der Waals surface area contributed by atoms with E-state index < -0.39 is 0 Å². The Balaban J connectivity index is 0.000000686. The lowest BCUT2D eigenvalue weighted by molar-refractivity contribution is 0.0668. The van der Waals surface area contributed by atoms with Gasteiger partial charge in [0.1, 0.15) is 12.4 Å². The van der Waals surface area contributed by atoms with E-state index in [1.54, 1.807) is 0 Å². The second-order valence-corrected chi connectivity index (χ2v) is 3.94. The molecule has 2 rings (SSSR count). The lowest BCUT2D eigenvalue weighted by Gasteiger charge is -2.37. The highest BCUT2D eigenvalue weighted by Gasteiger charge is 2.25. The molecule has 0 unspecified atom stereocenters. The topological polar surface area (TPSA) is 12.5 Å². The van der Waals surface area contributed by atoms with Gasteiger partial charge < -0.3 is 4.74 Å². The third kappa shape index (κ3) is 4.57. The molecule has 0 atom stereocenters. The van der Waals surface area contributed by atoms with Crippen LogP contribution in [0.4, 0.5) is 4.39 Å². The first kappa shape index (κ1) is 13.7. The van der Waals surface area contributed by atoms with E-state index in [1.165, 1.54) is 0 Å². The summed E-state index contributed by atoms with van der Waals surface area (Å²) in [7, 11) is 0. The van der Waals surface area contributed by atoms with Gasteiger partial charge in [0.05, 0.1) is 6.67 Å². The Morgan fingerprint density at radius 2 is 1.88 bits per heavy atom. The van der Waals surface area contributed by atoms with Crippen molar-refractivity contribution in [3.8, 4) is 5.75 Å². The molecule has 1 aliphatic heterocycles. The fourth-order valence-corrected chi connectivity index (χ4v) is 1.77. The van der Waals surface area contributed by atoms with Crippen molar-refractivity contribution in [2.45, 2.75) is 0 Å². The highest BCUT2D eigenvalue weighted by Crippen LogP contribution is 2.15. The Hall–Kier alpha value is -1.35. The van der Waals surface area contributed by atoms with Crippen LogP contribution in [0, 0.1) is 5.92 Å². The maximum Gasteiger partial charge on any atom is 0.119 e. The third-order valence-electron chi connectivity index (χ3n) is 2.67. The predicted molar refractivity (Wildman–Crippen MR) is 69.1 cm³/mol. The van der Waals surface area contributed by atoms with Crippen LogP contribution < -0.4 is 4.74 Å². The van der Waals surface area contributed by atoms with Crippen LogP contribution in [0.15, 0.2) is 43.5 Å². The molecule has 0 saturated carbocycles. The molecule has 0 N–H and O–H groups in total. The lowest BCUT2D eigenvalue weighted by Crippen LogP contribution is -2.49. The summed E-state index contributed by atoms with van der Waals surface area (Å²) >= 11 is 0. The van der Waals surface area contributed by atoms with Crippen molar-refractivity contribution < 1.29 is 9.13 Å². The van der Waals surface area contributed by atoms with Gasteiger partial charge in [0.25, 0.3) is 0 Å². The standard InChI is InChI=1S/C12H16FNO.C2H4/c13-8-11-9-14(10-11)6-7-15-12-4-2-1-3-5-12;1-2/h1-5,11H,6-10H2;1-2H2. The Labute approximate surface area is 103 Å². The summed E-state index contributed by atoms with van der Waals surface area (Å²) in [5, 5.41) is 0. The van der Waals surface area contributed by atoms with Crippen molar-refractivity contribution in [1.29, 1.82) is 0 Å². The molecule has 3 heteroatoms. The highest BCUT2D eigenvalue weighted by atomic mass is 19.1. The fraction of sp³-hybridized carbons (Fsp3) is 0.429. The van der Waals surface area contributed by atoms with E-state index in [4.69, 9.17) is 4.74 Å². The van der Waals surface area contributed by atoms with Gasteiger partial charge in [-0.05, 0) is 12.1 Å². The Kier molecular flexibility index (Phi) is 6.33. The second-order valence-electron chi connectivity index (χ2n) is 3.94. The highest BCUT2D eigenvalue weighted by molar-refractivity contribution is 5.20. The van der Waals surface area contributed by atoms with E-state index in [1.807, 2.05) is 30.3 Å². The smallest absolute Gasteiger partial charge is 0.119 e. The zero-order valence-corrected chi connectivity index (χ0v) is 10.1. The first-order valence-corrected chi connectivity index (χ1v) is 5.84. The molecular formula is C14H20FNO. The largest absolute Gasteiger partial charge is 0.492 e. The molecule has 0 aromatic heterocycles. The first-order valence-electron chi connectivity index (χ1n) is 5.84. The lowest BCUT2D eigenvalue weighted by atomic mass is 10.0. The predicted octanol–water partition coefficient (Wildman–Crippen LogP) is 2.77. The molecule has 0 amide bonds. The number of hydrogen-bond donors (Lipinski definition) is 0. The van der Waals surface area contributed by atoms with Crippen LogP contribution in [-0.4, -0.2) is 37.8 Å². The molecule has 1 heterocycles. The van der Waals surface area contributed by atoms with Crippen molar-refractivity contribution in [2.75, 3.05) is 32.9 Å². The number of alkyl halides is 1. The quantitative estimate of drug-likeness (QED) is 0.730. The molecule has 1 saturated heterocycles. The van der Waals surface area contributed by atoms with Crippen molar-refractivity contribution in [2.24, 2.45) is 5.92 Å². The number of nitrogens with zero attached hydrogens (tertiary/aromatic N) is 1. The number of para-hydroxylation sites is 1. The molecule has 17 heavy (non-hydrogen) atoms. The van der Waals surface area contributed by atoms with Crippen LogP contribution in [0.3, 0.4) is 0 Å². The average molecular weight is 237 g/mol. The molecule has 2 nitrogen and oxygen atoms in total. The SMILES string of the molecule is C=C.FCC1CN(CCOc2ccccc2)C1. The van der Waals surface area contributed by atoms with Gasteiger partial charge in [0.2, 0.25) is 0 Å². The number of benzene rings is 1. The molecule has 0 spiro atoms. The summed E-state index contributed by atoms with van der Waals surface area (Å²) < 4.78 is 17.7. The second kappa shape index (κ2) is 7.85. The van der Waals surface area contributed by atoms with E-state index >= 15 is 0 Å². The van der Waals surface area contributed by atoms with Gasteiger partial charge in [0.15, 0.2) is 0 Å². The van der Waals surface area contributed by atoms with Gasteiger partial charge in [-0.2, -0.15) is 0 Å². The van der Waals surface area contributed by atoms with Gasteiger partial charge in [-0.15, -0.1) is 13.2 Å². The molecule has 0 radical (unpaired) electrons. The summed E-state index contributed by atoms with van der Waals surface area (Å²) in [5.74, 6) is 1.17. The summed E-state index contributed by atoms with van der Waals surface area (Å²) in [5.41, 5.74) is 0. The molecule has 1 aromatic rings. The van der Waals surface area contributed by atoms with Crippen LogP contribution in [0.25, 0.3) is 0 Å². The molecule has 0 aliphatic carbocycles. The summed E-state index contributed by atoms with van der Waals surface area (Å²) in [6, 6.07) is 9.77. The van der Waals surface area contributed by atoms with E-state index in [9.17, 15) is 4.39 Å². The minimum Gasteiger partial charge on any atom is -0.492 e. The summed E-state index contributed by atoms with van der Waals surface area (Å²) in [4.78, 5) is 2.22.